The van der Waals surface area contributed by atoms with Crippen LogP contribution in [0.4, 0.5) is 0 Å². The van der Waals surface area contributed by atoms with Gasteiger partial charge in [-0.05, 0) is 37.2 Å². The number of aliphatic carboxylic acids is 1. The molecule has 0 aliphatic carbocycles. The van der Waals surface area contributed by atoms with Crippen molar-refractivity contribution in [3.63, 3.8) is 0 Å². The fourth-order valence-electron chi connectivity index (χ4n) is 2.82. The lowest BCUT2D eigenvalue weighted by Gasteiger charge is -2.28. The summed E-state index contributed by atoms with van der Waals surface area (Å²) in [5.41, 5.74) is 5.93. The number of nitrogens with zero attached hydrogens (tertiary/aromatic N) is 1. The smallest absolute Gasteiger partial charge is 0.326 e. The molecule has 0 unspecified atom stereocenters. The van der Waals surface area contributed by atoms with Gasteiger partial charge in [0.05, 0.1) is 6.04 Å². The van der Waals surface area contributed by atoms with E-state index in [1.807, 2.05) is 13.2 Å². The molecule has 8 heteroatoms. The van der Waals surface area contributed by atoms with Crippen molar-refractivity contribution >= 4 is 29.5 Å². The molecule has 1 aliphatic rings. The monoisotopic (exact) mass is 359 g/mol. The third kappa shape index (κ3) is 5.37. The predicted molar refractivity (Wildman–Crippen MR) is 94.7 cm³/mol. The van der Waals surface area contributed by atoms with Crippen LogP contribution in [0.25, 0.3) is 0 Å². The SMILES string of the molecule is CC[C@H](C)[C@H](NC(=O)[C@@H]1CCCN1C(=O)[C@@H](N)CCSC)C(=O)O. The topological polar surface area (TPSA) is 113 Å². The molecule has 0 radical (unpaired) electrons. The maximum Gasteiger partial charge on any atom is 0.326 e. The first-order valence-corrected chi connectivity index (χ1v) is 9.81. The molecule has 7 nitrogen and oxygen atoms in total. The van der Waals surface area contributed by atoms with Crippen LogP contribution in [0.15, 0.2) is 0 Å². The Kier molecular flexibility index (Phi) is 8.55. The Bertz CT molecular complexity index is 461. The van der Waals surface area contributed by atoms with Crippen LogP contribution < -0.4 is 11.1 Å². The van der Waals surface area contributed by atoms with Crippen LogP contribution in [0.2, 0.25) is 0 Å². The average molecular weight is 359 g/mol. The zero-order chi connectivity index (χ0) is 18.3. The molecule has 1 fully saturated rings. The van der Waals surface area contributed by atoms with Crippen LogP contribution in [0.1, 0.15) is 39.5 Å². The summed E-state index contributed by atoms with van der Waals surface area (Å²) in [6.45, 7) is 4.16. The summed E-state index contributed by atoms with van der Waals surface area (Å²) in [4.78, 5) is 37.9. The highest BCUT2D eigenvalue weighted by Gasteiger charge is 2.38. The molecule has 0 saturated carbocycles. The standard InChI is InChI=1S/C16H29N3O4S/c1-4-10(2)13(16(22)23)18-14(20)12-6-5-8-19(12)15(21)11(17)7-9-24-3/h10-13H,4-9,17H2,1-3H3,(H,18,20)(H,22,23)/t10-,11-,12-,13-/m0/s1. The lowest BCUT2D eigenvalue weighted by molar-refractivity contribution is -0.145. The molecular weight excluding hydrogens is 330 g/mol. The minimum atomic E-state index is -1.05. The molecule has 138 valence electrons. The zero-order valence-corrected chi connectivity index (χ0v) is 15.5. The molecule has 0 bridgehead atoms. The minimum absolute atomic E-state index is 0.180. The quantitative estimate of drug-likeness (QED) is 0.558. The summed E-state index contributed by atoms with van der Waals surface area (Å²) < 4.78 is 0. The lowest BCUT2D eigenvalue weighted by atomic mass is 9.98. The van der Waals surface area contributed by atoms with Gasteiger partial charge in [0.15, 0.2) is 0 Å². The Hall–Kier alpha value is -1.28. The summed E-state index contributed by atoms with van der Waals surface area (Å²) >= 11 is 1.62. The van der Waals surface area contributed by atoms with Gasteiger partial charge in [0.1, 0.15) is 12.1 Å². The molecule has 4 N–H and O–H groups in total. The van der Waals surface area contributed by atoms with Crippen LogP contribution >= 0.6 is 11.8 Å². The third-order valence-electron chi connectivity index (χ3n) is 4.57. The molecule has 1 heterocycles. The van der Waals surface area contributed by atoms with Gasteiger partial charge in [0.2, 0.25) is 11.8 Å². The second-order valence-electron chi connectivity index (χ2n) is 6.29. The van der Waals surface area contributed by atoms with E-state index in [0.717, 1.165) is 12.2 Å². The van der Waals surface area contributed by atoms with Crippen molar-refractivity contribution < 1.29 is 19.5 Å². The van der Waals surface area contributed by atoms with Gasteiger partial charge in [-0.2, -0.15) is 11.8 Å². The first-order chi connectivity index (χ1) is 11.3. The van der Waals surface area contributed by atoms with E-state index in [1.54, 1.807) is 18.7 Å². The Balaban J connectivity index is 2.74. The maximum absolute atomic E-state index is 12.5. The summed E-state index contributed by atoms with van der Waals surface area (Å²) in [6, 6.07) is -2.18. The number of carbonyl (C=O) groups excluding carboxylic acids is 2. The maximum atomic E-state index is 12.5. The van der Waals surface area contributed by atoms with Crippen LogP contribution in [0.3, 0.4) is 0 Å². The number of hydrogen-bond donors (Lipinski definition) is 3. The fraction of sp³-hybridized carbons (Fsp3) is 0.812. The molecule has 2 amide bonds. The molecule has 1 saturated heterocycles. The van der Waals surface area contributed by atoms with E-state index in [1.165, 1.54) is 4.90 Å². The van der Waals surface area contributed by atoms with E-state index in [-0.39, 0.29) is 11.8 Å². The second-order valence-corrected chi connectivity index (χ2v) is 7.27. The van der Waals surface area contributed by atoms with Crippen LogP contribution in [0, 0.1) is 5.92 Å². The van der Waals surface area contributed by atoms with E-state index in [9.17, 15) is 19.5 Å². The highest BCUT2D eigenvalue weighted by molar-refractivity contribution is 7.98. The van der Waals surface area contributed by atoms with Gasteiger partial charge < -0.3 is 21.1 Å². The average Bonchev–Trinajstić information content (AvgIpc) is 3.05. The van der Waals surface area contributed by atoms with Gasteiger partial charge in [0, 0.05) is 6.54 Å². The summed E-state index contributed by atoms with van der Waals surface area (Å²) in [6.07, 6.45) is 4.42. The molecule has 1 rings (SSSR count). The first-order valence-electron chi connectivity index (χ1n) is 8.41. The first kappa shape index (κ1) is 20.8. The van der Waals surface area contributed by atoms with Crippen molar-refractivity contribution in [2.24, 2.45) is 11.7 Å². The fourth-order valence-corrected chi connectivity index (χ4v) is 3.31. The van der Waals surface area contributed by atoms with Gasteiger partial charge in [-0.15, -0.1) is 0 Å². The highest BCUT2D eigenvalue weighted by atomic mass is 32.2. The molecule has 4 atom stereocenters. The van der Waals surface area contributed by atoms with E-state index < -0.39 is 30.0 Å². The largest absolute Gasteiger partial charge is 0.480 e. The lowest BCUT2D eigenvalue weighted by Crippen LogP contribution is -2.55. The van der Waals surface area contributed by atoms with Gasteiger partial charge in [-0.25, -0.2) is 4.79 Å². The normalized spacial score (nSPS) is 21.2. The Morgan fingerprint density at radius 2 is 2.08 bits per heavy atom. The molecule has 0 aromatic rings. The van der Waals surface area contributed by atoms with Crippen LogP contribution in [0.5, 0.6) is 0 Å². The van der Waals surface area contributed by atoms with E-state index in [2.05, 4.69) is 5.32 Å². The number of hydrogen-bond acceptors (Lipinski definition) is 5. The van der Waals surface area contributed by atoms with Crippen molar-refractivity contribution in [1.29, 1.82) is 0 Å². The number of nitrogens with one attached hydrogen (secondary N) is 1. The molecule has 0 spiro atoms. The van der Waals surface area contributed by atoms with Crippen molar-refractivity contribution in [3.8, 4) is 0 Å². The van der Waals surface area contributed by atoms with Gasteiger partial charge in [-0.1, -0.05) is 20.3 Å². The number of carbonyl (C=O) groups is 3. The zero-order valence-electron chi connectivity index (χ0n) is 14.7. The number of amides is 2. The van der Waals surface area contributed by atoms with E-state index in [0.29, 0.717) is 25.8 Å². The van der Waals surface area contributed by atoms with Crippen molar-refractivity contribution in [3.05, 3.63) is 0 Å². The Morgan fingerprint density at radius 1 is 1.42 bits per heavy atom. The van der Waals surface area contributed by atoms with Crippen molar-refractivity contribution in [2.75, 3.05) is 18.6 Å². The Morgan fingerprint density at radius 3 is 2.62 bits per heavy atom. The van der Waals surface area contributed by atoms with Gasteiger partial charge in [0.25, 0.3) is 0 Å². The van der Waals surface area contributed by atoms with Gasteiger partial charge >= 0.3 is 5.97 Å². The predicted octanol–water partition coefficient (Wildman–Crippen LogP) is 0.673. The van der Waals surface area contributed by atoms with E-state index >= 15 is 0 Å². The number of likely N-dealkylation sites (tertiary alicyclic amines) is 1. The molecule has 0 aromatic heterocycles. The molecule has 1 aliphatic heterocycles. The Labute approximate surface area is 147 Å². The molecular formula is C16H29N3O4S. The molecule has 0 aromatic carbocycles. The number of carboxylic acid groups (broad SMARTS) is 1. The van der Waals surface area contributed by atoms with E-state index in [4.69, 9.17) is 5.73 Å². The van der Waals surface area contributed by atoms with Crippen molar-refractivity contribution in [1.82, 2.24) is 10.2 Å². The summed E-state index contributed by atoms with van der Waals surface area (Å²) in [5, 5.41) is 11.9. The highest BCUT2D eigenvalue weighted by Crippen LogP contribution is 2.20. The third-order valence-corrected chi connectivity index (χ3v) is 5.21. The van der Waals surface area contributed by atoms with Crippen LogP contribution in [-0.2, 0) is 14.4 Å². The number of rotatable bonds is 9. The van der Waals surface area contributed by atoms with Crippen molar-refractivity contribution in [2.45, 2.75) is 57.7 Å². The van der Waals surface area contributed by atoms with Gasteiger partial charge in [-0.3, -0.25) is 9.59 Å². The minimum Gasteiger partial charge on any atom is -0.480 e. The number of nitrogens with two attached hydrogens (primary N) is 1. The summed E-state index contributed by atoms with van der Waals surface area (Å²) in [5.74, 6) is -1.07. The molecule has 24 heavy (non-hydrogen) atoms. The number of carboxylic acids is 1. The second kappa shape index (κ2) is 9.88. The number of thioether (sulfide) groups is 1. The van der Waals surface area contributed by atoms with Crippen LogP contribution in [-0.4, -0.2) is 64.5 Å². The summed E-state index contributed by atoms with van der Waals surface area (Å²) in [7, 11) is 0.